The van der Waals surface area contributed by atoms with Crippen molar-refractivity contribution < 1.29 is 22.7 Å². The highest BCUT2D eigenvalue weighted by Gasteiger charge is 2.63. The first-order valence-corrected chi connectivity index (χ1v) is 9.48. The highest BCUT2D eigenvalue weighted by molar-refractivity contribution is 5.97. The molecule has 1 atom stereocenters. The number of para-hydroxylation sites is 1. The van der Waals surface area contributed by atoms with Gasteiger partial charge < -0.3 is 4.74 Å². The van der Waals surface area contributed by atoms with Crippen LogP contribution in [0.4, 0.5) is 23.7 Å². The van der Waals surface area contributed by atoms with Crippen LogP contribution in [0.3, 0.4) is 0 Å². The topological polar surface area (TPSA) is 53.9 Å². The van der Waals surface area contributed by atoms with Crippen LogP contribution < -0.4 is 5.32 Å². The molecular formula is C23H18F3N3O2. The number of amidine groups is 1. The molecule has 3 aromatic carbocycles. The number of urea groups is 1. The maximum absolute atomic E-state index is 14.3. The van der Waals surface area contributed by atoms with E-state index in [1.54, 1.807) is 66.7 Å². The third-order valence-corrected chi connectivity index (χ3v) is 4.75. The number of hydrogen-bond donors (Lipinski definition) is 1. The smallest absolute Gasteiger partial charge is 0.423 e. The molecule has 3 aromatic rings. The standard InChI is InChI=1S/C23H18F3N3O2/c24-23(25,26)22(18-12-6-2-7-13-18)28-20(30)29(16-17-10-4-1-5-11-17)21(31-22)27-19-14-8-3-9-15-19/h1-15H,16H2,(H,28,30)/t22-/m0/s1. The second-order valence-corrected chi connectivity index (χ2v) is 6.88. The minimum Gasteiger partial charge on any atom is -0.423 e. The van der Waals surface area contributed by atoms with Gasteiger partial charge in [-0.05, 0) is 17.7 Å². The summed E-state index contributed by atoms with van der Waals surface area (Å²) in [5.41, 5.74) is -2.25. The van der Waals surface area contributed by atoms with E-state index in [1.807, 2.05) is 5.32 Å². The van der Waals surface area contributed by atoms with Crippen molar-refractivity contribution in [2.75, 3.05) is 0 Å². The molecule has 2 amide bonds. The number of amides is 2. The molecule has 1 N–H and O–H groups in total. The minimum atomic E-state index is -4.94. The Morgan fingerprint density at radius 2 is 1.42 bits per heavy atom. The maximum Gasteiger partial charge on any atom is 0.453 e. The Kier molecular flexibility index (Phi) is 5.37. The Labute approximate surface area is 176 Å². The summed E-state index contributed by atoms with van der Waals surface area (Å²) >= 11 is 0. The molecule has 0 bridgehead atoms. The lowest BCUT2D eigenvalue weighted by Gasteiger charge is -2.43. The number of carbonyl (C=O) groups excluding carboxylic acids is 1. The molecule has 1 aliphatic rings. The average molecular weight is 425 g/mol. The fourth-order valence-electron chi connectivity index (χ4n) is 3.22. The second-order valence-electron chi connectivity index (χ2n) is 6.88. The van der Waals surface area contributed by atoms with Gasteiger partial charge in [-0.25, -0.2) is 9.69 Å². The van der Waals surface area contributed by atoms with Crippen molar-refractivity contribution in [3.05, 3.63) is 102 Å². The summed E-state index contributed by atoms with van der Waals surface area (Å²) in [6, 6.07) is 22.8. The Morgan fingerprint density at radius 1 is 0.871 bits per heavy atom. The van der Waals surface area contributed by atoms with Crippen LogP contribution in [-0.4, -0.2) is 23.1 Å². The average Bonchev–Trinajstić information content (AvgIpc) is 2.77. The predicted molar refractivity (Wildman–Crippen MR) is 109 cm³/mol. The number of hydrogen-bond acceptors (Lipinski definition) is 3. The number of alkyl halides is 3. The van der Waals surface area contributed by atoms with E-state index in [0.717, 1.165) is 4.90 Å². The lowest BCUT2D eigenvalue weighted by molar-refractivity contribution is -0.275. The second kappa shape index (κ2) is 8.14. The van der Waals surface area contributed by atoms with Gasteiger partial charge in [-0.2, -0.15) is 18.2 Å². The molecule has 0 spiro atoms. The lowest BCUT2D eigenvalue weighted by Crippen LogP contribution is -2.67. The monoisotopic (exact) mass is 425 g/mol. The van der Waals surface area contributed by atoms with Crippen LogP contribution in [-0.2, 0) is 17.0 Å². The van der Waals surface area contributed by atoms with Gasteiger partial charge in [0.1, 0.15) is 0 Å². The number of carbonyl (C=O) groups is 1. The van der Waals surface area contributed by atoms with Gasteiger partial charge in [0.05, 0.1) is 12.2 Å². The quantitative estimate of drug-likeness (QED) is 0.614. The number of rotatable bonds is 4. The number of aliphatic imine (C=N–C) groups is 1. The van der Waals surface area contributed by atoms with Gasteiger partial charge in [0.15, 0.2) is 0 Å². The Hall–Kier alpha value is -3.81. The zero-order valence-corrected chi connectivity index (χ0v) is 16.2. The van der Waals surface area contributed by atoms with Gasteiger partial charge in [0, 0.05) is 5.56 Å². The van der Waals surface area contributed by atoms with E-state index >= 15 is 0 Å². The summed E-state index contributed by atoms with van der Waals surface area (Å²) in [7, 11) is 0. The van der Waals surface area contributed by atoms with Gasteiger partial charge in [-0.1, -0.05) is 78.9 Å². The van der Waals surface area contributed by atoms with Crippen LogP contribution in [0.1, 0.15) is 11.1 Å². The van der Waals surface area contributed by atoms with Crippen molar-refractivity contribution in [3.63, 3.8) is 0 Å². The van der Waals surface area contributed by atoms with Crippen molar-refractivity contribution in [1.29, 1.82) is 0 Å². The Bertz CT molecular complexity index is 1070. The molecule has 0 saturated carbocycles. The molecule has 0 unspecified atom stereocenters. The Morgan fingerprint density at radius 3 is 2.00 bits per heavy atom. The molecule has 0 aromatic heterocycles. The number of nitrogens with one attached hydrogen (secondary N) is 1. The largest absolute Gasteiger partial charge is 0.453 e. The third kappa shape index (κ3) is 4.09. The number of halogens is 3. The van der Waals surface area contributed by atoms with E-state index in [9.17, 15) is 18.0 Å². The maximum atomic E-state index is 14.3. The number of ether oxygens (including phenoxy) is 1. The van der Waals surface area contributed by atoms with E-state index in [2.05, 4.69) is 4.99 Å². The van der Waals surface area contributed by atoms with E-state index in [-0.39, 0.29) is 12.1 Å². The summed E-state index contributed by atoms with van der Waals surface area (Å²) in [6.45, 7) is -0.0128. The van der Waals surface area contributed by atoms with E-state index in [0.29, 0.717) is 11.3 Å². The fraction of sp³-hybridized carbons (Fsp3) is 0.130. The zero-order chi connectivity index (χ0) is 21.9. The van der Waals surface area contributed by atoms with Gasteiger partial charge in [0.25, 0.3) is 0 Å². The van der Waals surface area contributed by atoms with Crippen LogP contribution >= 0.6 is 0 Å². The molecule has 1 aliphatic heterocycles. The minimum absolute atomic E-state index is 0.0128. The molecule has 1 heterocycles. The highest BCUT2D eigenvalue weighted by Crippen LogP contribution is 2.42. The molecule has 5 nitrogen and oxygen atoms in total. The molecule has 1 saturated heterocycles. The first-order chi connectivity index (χ1) is 14.9. The van der Waals surface area contributed by atoms with E-state index < -0.39 is 24.0 Å². The molecule has 4 rings (SSSR count). The van der Waals surface area contributed by atoms with E-state index in [4.69, 9.17) is 4.74 Å². The lowest BCUT2D eigenvalue weighted by atomic mass is 10.0. The summed E-state index contributed by atoms with van der Waals surface area (Å²) in [4.78, 5) is 18.3. The summed E-state index contributed by atoms with van der Waals surface area (Å²) in [6.07, 6.45) is -4.94. The summed E-state index contributed by atoms with van der Waals surface area (Å²) < 4.78 is 48.4. The summed E-state index contributed by atoms with van der Waals surface area (Å²) in [5, 5.41) is 2.03. The molecule has 1 fully saturated rings. The SMILES string of the molecule is O=C1N[C@](c2ccccc2)(C(F)(F)F)OC(=Nc2ccccc2)N1Cc1ccccc1. The van der Waals surface area contributed by atoms with Crippen LogP contribution in [0.5, 0.6) is 0 Å². The van der Waals surface area contributed by atoms with Gasteiger partial charge in [0.2, 0.25) is 0 Å². The molecule has 0 radical (unpaired) electrons. The third-order valence-electron chi connectivity index (χ3n) is 4.75. The first-order valence-electron chi connectivity index (χ1n) is 9.48. The fourth-order valence-corrected chi connectivity index (χ4v) is 3.22. The normalized spacial score (nSPS) is 20.3. The van der Waals surface area contributed by atoms with Crippen LogP contribution in [0.15, 0.2) is 96.0 Å². The molecule has 8 heteroatoms. The van der Waals surface area contributed by atoms with Crippen molar-refractivity contribution in [1.82, 2.24) is 10.2 Å². The van der Waals surface area contributed by atoms with Crippen molar-refractivity contribution in [2.45, 2.75) is 18.4 Å². The van der Waals surface area contributed by atoms with Crippen LogP contribution in [0, 0.1) is 0 Å². The predicted octanol–water partition coefficient (Wildman–Crippen LogP) is 5.33. The molecule has 31 heavy (non-hydrogen) atoms. The molecule has 158 valence electrons. The number of benzene rings is 3. The van der Waals surface area contributed by atoms with Crippen molar-refractivity contribution in [3.8, 4) is 0 Å². The van der Waals surface area contributed by atoms with Crippen molar-refractivity contribution >= 4 is 17.7 Å². The Balaban J connectivity index is 1.82. The van der Waals surface area contributed by atoms with Crippen LogP contribution in [0.25, 0.3) is 0 Å². The number of nitrogens with zero attached hydrogens (tertiary/aromatic N) is 2. The van der Waals surface area contributed by atoms with Gasteiger partial charge >= 0.3 is 24.0 Å². The highest BCUT2D eigenvalue weighted by atomic mass is 19.4. The van der Waals surface area contributed by atoms with E-state index in [1.165, 1.54) is 24.3 Å². The van der Waals surface area contributed by atoms with Gasteiger partial charge in [-0.3, -0.25) is 5.32 Å². The summed E-state index contributed by atoms with van der Waals surface area (Å²) in [5.74, 6) is 0. The van der Waals surface area contributed by atoms with Crippen LogP contribution in [0.2, 0.25) is 0 Å². The molecule has 0 aliphatic carbocycles. The first kappa shape index (κ1) is 20.5. The zero-order valence-electron chi connectivity index (χ0n) is 16.2. The molecular weight excluding hydrogens is 407 g/mol. The van der Waals surface area contributed by atoms with Crippen molar-refractivity contribution in [2.24, 2.45) is 4.99 Å². The van der Waals surface area contributed by atoms with Gasteiger partial charge in [-0.15, -0.1) is 0 Å².